The van der Waals surface area contributed by atoms with Crippen molar-refractivity contribution in [3.05, 3.63) is 36.0 Å². The fourth-order valence-corrected chi connectivity index (χ4v) is 3.25. The van der Waals surface area contributed by atoms with Crippen LogP contribution < -0.4 is 0 Å². The molecule has 20 heavy (non-hydrogen) atoms. The summed E-state index contributed by atoms with van der Waals surface area (Å²) in [5, 5.41) is 0. The normalized spacial score (nSPS) is 46.9. The van der Waals surface area contributed by atoms with Crippen molar-refractivity contribution in [3.8, 4) is 0 Å². The van der Waals surface area contributed by atoms with Gasteiger partial charge >= 0.3 is 11.9 Å². The molecule has 1 aliphatic carbocycles. The summed E-state index contributed by atoms with van der Waals surface area (Å²) in [6.07, 6.45) is 5.03. The van der Waals surface area contributed by atoms with Crippen molar-refractivity contribution < 1.29 is 23.8 Å². The molecule has 0 amide bonds. The lowest BCUT2D eigenvalue weighted by atomic mass is 9.84. The predicted molar refractivity (Wildman–Crippen MR) is 67.5 cm³/mol. The average molecular weight is 274 g/mol. The third-order valence-corrected chi connectivity index (χ3v) is 4.50. The highest BCUT2D eigenvalue weighted by Crippen LogP contribution is 2.47. The minimum absolute atomic E-state index is 0.0541. The summed E-state index contributed by atoms with van der Waals surface area (Å²) in [7, 11) is 0. The lowest BCUT2D eigenvalue weighted by Crippen LogP contribution is -2.32. The van der Waals surface area contributed by atoms with Crippen molar-refractivity contribution in [2.24, 2.45) is 5.92 Å². The maximum atomic E-state index is 11.8. The number of esters is 2. The van der Waals surface area contributed by atoms with E-state index in [9.17, 15) is 9.59 Å². The fourth-order valence-electron chi connectivity index (χ4n) is 3.25. The van der Waals surface area contributed by atoms with Crippen LogP contribution >= 0.6 is 0 Å². The van der Waals surface area contributed by atoms with E-state index in [-0.39, 0.29) is 29.7 Å². The Balaban J connectivity index is 1.77. The molecule has 4 rings (SSSR count). The predicted octanol–water partition coefficient (Wildman–Crippen LogP) is 1.05. The van der Waals surface area contributed by atoms with E-state index in [0.717, 1.165) is 0 Å². The monoisotopic (exact) mass is 274 g/mol. The zero-order valence-electron chi connectivity index (χ0n) is 11.0. The Kier molecular flexibility index (Phi) is 2.15. The van der Waals surface area contributed by atoms with Crippen LogP contribution in [0.5, 0.6) is 0 Å². The van der Waals surface area contributed by atoms with Crippen LogP contribution in [-0.2, 0) is 23.8 Å². The second-order valence-electron chi connectivity index (χ2n) is 5.90. The third kappa shape index (κ3) is 1.53. The zero-order valence-corrected chi connectivity index (χ0v) is 11.0. The number of carbonyl (C=O) groups is 2. The summed E-state index contributed by atoms with van der Waals surface area (Å²) < 4.78 is 16.4. The Labute approximate surface area is 115 Å². The number of epoxide rings is 1. The van der Waals surface area contributed by atoms with E-state index in [1.165, 1.54) is 0 Å². The topological polar surface area (TPSA) is 65.1 Å². The largest absolute Gasteiger partial charge is 0.458 e. The molecule has 2 fully saturated rings. The van der Waals surface area contributed by atoms with Crippen LogP contribution in [0, 0.1) is 5.92 Å². The summed E-state index contributed by atoms with van der Waals surface area (Å²) in [5.74, 6) is -1.11. The summed E-state index contributed by atoms with van der Waals surface area (Å²) in [4.78, 5) is 23.6. The van der Waals surface area contributed by atoms with Crippen LogP contribution in [0.2, 0.25) is 0 Å². The number of rotatable bonds is 0. The quantitative estimate of drug-likeness (QED) is 0.375. The van der Waals surface area contributed by atoms with Gasteiger partial charge in [0.15, 0.2) is 0 Å². The van der Waals surface area contributed by atoms with Gasteiger partial charge in [-0.1, -0.05) is 12.7 Å². The van der Waals surface area contributed by atoms with Gasteiger partial charge < -0.3 is 14.2 Å². The fraction of sp³-hybridized carbons (Fsp3) is 0.467. The van der Waals surface area contributed by atoms with Gasteiger partial charge in [-0.3, -0.25) is 0 Å². The molecule has 0 N–H and O–H groups in total. The van der Waals surface area contributed by atoms with E-state index in [2.05, 4.69) is 6.58 Å². The van der Waals surface area contributed by atoms with Crippen molar-refractivity contribution in [2.45, 2.75) is 37.3 Å². The van der Waals surface area contributed by atoms with E-state index in [0.29, 0.717) is 17.6 Å². The first-order chi connectivity index (χ1) is 9.48. The van der Waals surface area contributed by atoms with Crippen molar-refractivity contribution in [2.75, 3.05) is 0 Å². The van der Waals surface area contributed by atoms with Gasteiger partial charge in [0.2, 0.25) is 0 Å². The summed E-state index contributed by atoms with van der Waals surface area (Å²) in [5.41, 5.74) is 0.529. The lowest BCUT2D eigenvalue weighted by Gasteiger charge is -2.23. The molecule has 0 spiro atoms. The zero-order chi connectivity index (χ0) is 14.1. The van der Waals surface area contributed by atoms with Gasteiger partial charge in [0.25, 0.3) is 0 Å². The second-order valence-corrected chi connectivity index (χ2v) is 5.90. The van der Waals surface area contributed by atoms with E-state index >= 15 is 0 Å². The summed E-state index contributed by atoms with van der Waals surface area (Å²) in [6.45, 7) is 5.78. The van der Waals surface area contributed by atoms with Gasteiger partial charge in [-0.2, -0.15) is 0 Å². The molecule has 5 nitrogen and oxygen atoms in total. The van der Waals surface area contributed by atoms with E-state index in [1.54, 1.807) is 12.2 Å². The van der Waals surface area contributed by atoms with Crippen molar-refractivity contribution in [3.63, 3.8) is 0 Å². The Morgan fingerprint density at radius 1 is 1.30 bits per heavy atom. The van der Waals surface area contributed by atoms with Gasteiger partial charge in [0.1, 0.15) is 18.3 Å². The molecular weight excluding hydrogens is 260 g/mol. The summed E-state index contributed by atoms with van der Waals surface area (Å²) >= 11 is 0. The van der Waals surface area contributed by atoms with Crippen molar-refractivity contribution in [1.29, 1.82) is 0 Å². The molecule has 2 saturated heterocycles. The Bertz CT molecular complexity index is 601. The van der Waals surface area contributed by atoms with E-state index in [4.69, 9.17) is 14.2 Å². The molecule has 5 atom stereocenters. The average Bonchev–Trinajstić information content (AvgIpc) is 2.74. The Hall–Kier alpha value is -1.88. The van der Waals surface area contributed by atoms with Crippen LogP contribution in [0.15, 0.2) is 36.0 Å². The molecule has 2 bridgehead atoms. The van der Waals surface area contributed by atoms with Gasteiger partial charge in [0.05, 0.1) is 17.1 Å². The smallest absolute Gasteiger partial charge is 0.338 e. The molecule has 0 radical (unpaired) electrons. The maximum Gasteiger partial charge on any atom is 0.338 e. The first kappa shape index (κ1) is 11.9. The third-order valence-electron chi connectivity index (χ3n) is 4.50. The van der Waals surface area contributed by atoms with E-state index < -0.39 is 12.1 Å². The highest BCUT2D eigenvalue weighted by molar-refractivity contribution is 5.95. The molecular formula is C15H14O5. The van der Waals surface area contributed by atoms with Crippen LogP contribution in [0.1, 0.15) is 13.3 Å². The SMILES string of the molecule is C=C1C(=O)O[C@H]2C[C@]3(C)O[C@H]3/C=C\C3=C[C@@H](OC3=O)[C@H]12. The summed E-state index contributed by atoms with van der Waals surface area (Å²) in [6, 6.07) is 0. The number of carbonyl (C=O) groups excluding carboxylic acids is 2. The minimum Gasteiger partial charge on any atom is -0.458 e. The van der Waals surface area contributed by atoms with Crippen LogP contribution in [0.3, 0.4) is 0 Å². The Morgan fingerprint density at radius 2 is 2.10 bits per heavy atom. The van der Waals surface area contributed by atoms with Crippen LogP contribution in [-0.4, -0.2) is 35.9 Å². The van der Waals surface area contributed by atoms with Gasteiger partial charge in [-0.25, -0.2) is 9.59 Å². The minimum atomic E-state index is -0.481. The molecule has 3 aliphatic heterocycles. The molecule has 3 heterocycles. The molecule has 0 aromatic rings. The van der Waals surface area contributed by atoms with Gasteiger partial charge in [-0.05, 0) is 19.1 Å². The molecule has 5 heteroatoms. The first-order valence-electron chi connectivity index (χ1n) is 6.66. The number of hydrogen-bond acceptors (Lipinski definition) is 5. The maximum absolute atomic E-state index is 11.8. The molecule has 0 aromatic heterocycles. The van der Waals surface area contributed by atoms with Crippen molar-refractivity contribution in [1.82, 2.24) is 0 Å². The lowest BCUT2D eigenvalue weighted by molar-refractivity contribution is -0.142. The van der Waals surface area contributed by atoms with E-state index in [1.807, 2.05) is 13.0 Å². The number of fused-ring (bicyclic) bond motifs is 4. The Morgan fingerprint density at radius 3 is 2.90 bits per heavy atom. The highest BCUT2D eigenvalue weighted by atomic mass is 16.6. The van der Waals surface area contributed by atoms with Crippen LogP contribution in [0.25, 0.3) is 0 Å². The number of hydrogen-bond donors (Lipinski definition) is 0. The van der Waals surface area contributed by atoms with Crippen LogP contribution in [0.4, 0.5) is 0 Å². The highest BCUT2D eigenvalue weighted by Gasteiger charge is 2.57. The second kappa shape index (κ2) is 3.61. The van der Waals surface area contributed by atoms with Crippen molar-refractivity contribution >= 4 is 11.9 Å². The first-order valence-corrected chi connectivity index (χ1v) is 6.66. The standard InChI is InChI=1S/C15H14O5/c1-7-12-9-5-8(14(17)18-9)3-4-11-15(2,20-11)6-10(12)19-13(7)16/h3-5,9-12H,1,6H2,2H3/b4-3-/t9-,10+,11+,12+,15+/m1/s1. The molecule has 0 saturated carbocycles. The molecule has 0 unspecified atom stereocenters. The molecule has 4 aliphatic rings. The molecule has 104 valence electrons. The van der Waals surface area contributed by atoms with Gasteiger partial charge in [0, 0.05) is 12.0 Å². The molecule has 0 aromatic carbocycles. The number of ether oxygens (including phenoxy) is 3. The van der Waals surface area contributed by atoms with Gasteiger partial charge in [-0.15, -0.1) is 0 Å².